The van der Waals surface area contributed by atoms with Crippen LogP contribution in [0.15, 0.2) is 60.2 Å². The normalized spacial score (nSPS) is 16.0. The molecule has 0 fully saturated rings. The number of hydrogen-bond acceptors (Lipinski definition) is 4. The lowest BCUT2D eigenvalue weighted by Gasteiger charge is -2.29. The van der Waals surface area contributed by atoms with Crippen molar-refractivity contribution in [3.63, 3.8) is 0 Å². The van der Waals surface area contributed by atoms with Crippen molar-refractivity contribution in [3.8, 4) is 5.75 Å². The summed E-state index contributed by atoms with van der Waals surface area (Å²) < 4.78 is 81.0. The largest absolute Gasteiger partial charge is 0.494 e. The third kappa shape index (κ3) is 9.14. The number of aryl methyl sites for hydroxylation is 1. The predicted octanol–water partition coefficient (Wildman–Crippen LogP) is 5.57. The van der Waals surface area contributed by atoms with Crippen molar-refractivity contribution in [3.05, 3.63) is 71.3 Å². The van der Waals surface area contributed by atoms with Gasteiger partial charge in [0.1, 0.15) is 17.4 Å². The van der Waals surface area contributed by atoms with Gasteiger partial charge in [-0.25, -0.2) is 0 Å². The molecule has 1 heterocycles. The van der Waals surface area contributed by atoms with E-state index in [2.05, 4.69) is 12.8 Å². The molecule has 1 aliphatic rings. The van der Waals surface area contributed by atoms with E-state index in [1.54, 1.807) is 48.5 Å². The average molecular weight is 535 g/mol. The zero-order valence-corrected chi connectivity index (χ0v) is 19.9. The van der Waals surface area contributed by atoms with Gasteiger partial charge < -0.3 is 10.1 Å². The van der Waals surface area contributed by atoms with E-state index in [-0.39, 0.29) is 24.2 Å². The maximum atomic E-state index is 12.9. The fraction of sp³-hybridized carbons (Fsp3) is 0.333. The molecule has 196 valence electrons. The number of carbonyl (C=O) groups excluding carboxylic acids is 2. The molecule has 1 atom stereocenters. The Morgan fingerprint density at radius 1 is 1.06 bits per heavy atom. The number of carbonyl (C=O) groups is 2. The molecule has 3 rings (SSSR count). The van der Waals surface area contributed by atoms with Gasteiger partial charge in [0.25, 0.3) is 11.8 Å². The van der Waals surface area contributed by atoms with Crippen LogP contribution in [0.4, 0.5) is 26.3 Å². The third-order valence-corrected chi connectivity index (χ3v) is 5.19. The van der Waals surface area contributed by atoms with Gasteiger partial charge in [0, 0.05) is 12.8 Å². The lowest BCUT2D eigenvalue weighted by atomic mass is 9.89. The highest BCUT2D eigenvalue weighted by Gasteiger charge is 2.45. The monoisotopic (exact) mass is 534 g/mol. The van der Waals surface area contributed by atoms with Gasteiger partial charge in [-0.15, -0.1) is 0 Å². The van der Waals surface area contributed by atoms with Gasteiger partial charge in [0.05, 0.1) is 6.61 Å². The number of thiol groups is 1. The zero-order chi connectivity index (χ0) is 26.9. The third-order valence-electron chi connectivity index (χ3n) is 4.98. The number of amides is 2. The highest BCUT2D eigenvalue weighted by molar-refractivity contribution is 7.78. The molecule has 0 bridgehead atoms. The van der Waals surface area contributed by atoms with E-state index in [1.165, 1.54) is 0 Å². The van der Waals surface area contributed by atoms with Gasteiger partial charge in [-0.05, 0) is 36.6 Å². The lowest BCUT2D eigenvalue weighted by molar-refractivity contribution is -0.160. The molecule has 1 unspecified atom stereocenters. The van der Waals surface area contributed by atoms with Crippen molar-refractivity contribution in [2.75, 3.05) is 6.61 Å². The molecule has 0 radical (unpaired) electrons. The standard InChI is InChI=1S/C14H13F3N2O2S.C10H11F3O/c1-7-2-4-8(5-3-7)9-6-10(14(15,16)17)18-12(20)11(9)13(21)19-22;11-10(12,13)7-4-8-14-9-5-2-1-3-6-9/h2-5,10,22H,6H2,1H3,(H,18,20)(H,19,21);1-3,5-6H,4,7-8H2. The van der Waals surface area contributed by atoms with Gasteiger partial charge >= 0.3 is 12.4 Å². The molecule has 1 aliphatic heterocycles. The van der Waals surface area contributed by atoms with Crippen molar-refractivity contribution in [2.45, 2.75) is 44.6 Å². The van der Waals surface area contributed by atoms with Crippen LogP contribution in [0.1, 0.15) is 30.4 Å². The SMILES string of the molecule is Cc1ccc(C2=C(C(=O)NS)C(=O)NC(C(F)(F)F)C2)cc1.FC(F)(F)CCCOc1ccccc1. The molecule has 2 N–H and O–H groups in total. The summed E-state index contributed by atoms with van der Waals surface area (Å²) in [5.41, 5.74) is 1.02. The molecule has 36 heavy (non-hydrogen) atoms. The summed E-state index contributed by atoms with van der Waals surface area (Å²) in [7, 11) is 0. The summed E-state index contributed by atoms with van der Waals surface area (Å²) in [4.78, 5) is 23.7. The summed E-state index contributed by atoms with van der Waals surface area (Å²) in [6, 6.07) is 13.4. The number of ether oxygens (including phenoxy) is 1. The molecule has 0 saturated heterocycles. The van der Waals surface area contributed by atoms with E-state index >= 15 is 0 Å². The minimum atomic E-state index is -4.59. The summed E-state index contributed by atoms with van der Waals surface area (Å²) in [5.74, 6) is -1.29. The fourth-order valence-electron chi connectivity index (χ4n) is 3.21. The Bertz CT molecular complexity index is 1050. The van der Waals surface area contributed by atoms with E-state index in [9.17, 15) is 35.9 Å². The van der Waals surface area contributed by atoms with Crippen LogP contribution in [0, 0.1) is 6.92 Å². The average Bonchev–Trinajstić information content (AvgIpc) is 2.81. The van der Waals surface area contributed by atoms with E-state index in [4.69, 9.17) is 4.74 Å². The first-order valence-electron chi connectivity index (χ1n) is 10.7. The molecule has 12 heteroatoms. The molecule has 0 aromatic heterocycles. The van der Waals surface area contributed by atoms with E-state index in [1.807, 2.05) is 23.0 Å². The number of nitrogens with one attached hydrogen (secondary N) is 2. The van der Waals surface area contributed by atoms with Crippen molar-refractivity contribution >= 4 is 30.2 Å². The quantitative estimate of drug-likeness (QED) is 0.197. The van der Waals surface area contributed by atoms with Gasteiger partial charge in [-0.1, -0.05) is 60.8 Å². The number of halogens is 6. The molecular weight excluding hydrogens is 510 g/mol. The Hall–Kier alpha value is -3.15. The maximum Gasteiger partial charge on any atom is 0.408 e. The second-order valence-corrected chi connectivity index (χ2v) is 8.04. The van der Waals surface area contributed by atoms with Crippen LogP contribution in [-0.2, 0) is 9.59 Å². The molecule has 0 aliphatic carbocycles. The van der Waals surface area contributed by atoms with Crippen LogP contribution in [0.25, 0.3) is 5.57 Å². The summed E-state index contributed by atoms with van der Waals surface area (Å²) in [6.07, 6.45) is -9.97. The highest BCUT2D eigenvalue weighted by atomic mass is 32.1. The smallest absolute Gasteiger partial charge is 0.408 e. The summed E-state index contributed by atoms with van der Waals surface area (Å²) in [5, 5.41) is 1.82. The first-order chi connectivity index (χ1) is 16.8. The van der Waals surface area contributed by atoms with Crippen molar-refractivity contribution in [2.24, 2.45) is 0 Å². The minimum Gasteiger partial charge on any atom is -0.494 e. The van der Waals surface area contributed by atoms with Crippen LogP contribution < -0.4 is 14.8 Å². The second-order valence-electron chi connectivity index (χ2n) is 7.81. The maximum absolute atomic E-state index is 12.9. The molecule has 2 amide bonds. The number of rotatable bonds is 6. The summed E-state index contributed by atoms with van der Waals surface area (Å²) >= 11 is 3.58. The van der Waals surface area contributed by atoms with Crippen LogP contribution >= 0.6 is 12.8 Å². The van der Waals surface area contributed by atoms with Gasteiger partial charge in [0.2, 0.25) is 0 Å². The lowest BCUT2D eigenvalue weighted by Crippen LogP contribution is -2.50. The van der Waals surface area contributed by atoms with Crippen LogP contribution in [0.3, 0.4) is 0 Å². The Balaban J connectivity index is 0.000000281. The first kappa shape index (κ1) is 29.1. The summed E-state index contributed by atoms with van der Waals surface area (Å²) in [6.45, 7) is 1.93. The topological polar surface area (TPSA) is 67.4 Å². The van der Waals surface area contributed by atoms with Gasteiger partial charge in [-0.2, -0.15) is 26.3 Å². The van der Waals surface area contributed by atoms with Crippen LogP contribution in [-0.4, -0.2) is 36.8 Å². The number of alkyl halides is 6. The van der Waals surface area contributed by atoms with Crippen LogP contribution in [0.2, 0.25) is 0 Å². The Kier molecular flexibility index (Phi) is 10.3. The van der Waals surface area contributed by atoms with Crippen molar-refractivity contribution in [1.29, 1.82) is 0 Å². The Morgan fingerprint density at radius 2 is 1.67 bits per heavy atom. The number of benzene rings is 2. The molecule has 2 aromatic rings. The Labute approximate surface area is 209 Å². The number of hydrogen-bond donors (Lipinski definition) is 3. The Morgan fingerprint density at radius 3 is 2.19 bits per heavy atom. The fourth-order valence-corrected chi connectivity index (χ4v) is 3.33. The van der Waals surface area contributed by atoms with Crippen molar-refractivity contribution in [1.82, 2.24) is 10.0 Å². The molecule has 5 nitrogen and oxygen atoms in total. The van der Waals surface area contributed by atoms with E-state index in [0.717, 1.165) is 5.56 Å². The zero-order valence-electron chi connectivity index (χ0n) is 19.0. The van der Waals surface area contributed by atoms with Gasteiger partial charge in [-0.3, -0.25) is 14.3 Å². The highest BCUT2D eigenvalue weighted by Crippen LogP contribution is 2.34. The number of para-hydroxylation sites is 1. The molecule has 2 aromatic carbocycles. The van der Waals surface area contributed by atoms with Gasteiger partial charge in [0.15, 0.2) is 0 Å². The van der Waals surface area contributed by atoms with Crippen molar-refractivity contribution < 1.29 is 40.7 Å². The minimum absolute atomic E-state index is 0.00159. The first-order valence-corrected chi connectivity index (χ1v) is 11.1. The second kappa shape index (κ2) is 12.7. The van der Waals surface area contributed by atoms with E-state index < -0.39 is 43.1 Å². The van der Waals surface area contributed by atoms with E-state index in [0.29, 0.717) is 11.3 Å². The molecule has 0 saturated carbocycles. The molecular formula is C24H24F6N2O3S. The predicted molar refractivity (Wildman–Crippen MR) is 125 cm³/mol. The molecule has 0 spiro atoms. The van der Waals surface area contributed by atoms with Crippen LogP contribution in [0.5, 0.6) is 5.75 Å².